The summed E-state index contributed by atoms with van der Waals surface area (Å²) in [6.45, 7) is 4.34. The zero-order chi connectivity index (χ0) is 21.5. The van der Waals surface area contributed by atoms with E-state index in [9.17, 15) is 9.59 Å². The first-order valence-electron chi connectivity index (χ1n) is 12.3. The van der Waals surface area contributed by atoms with E-state index in [-0.39, 0.29) is 0 Å². The van der Waals surface area contributed by atoms with Gasteiger partial charge in [0.2, 0.25) is 12.8 Å². The third-order valence-corrected chi connectivity index (χ3v) is 5.71. The van der Waals surface area contributed by atoms with E-state index in [0.717, 1.165) is 32.1 Å². The normalized spacial score (nSPS) is 11.7. The maximum atomic E-state index is 10.9. The molecule has 0 radical (unpaired) electrons. The lowest BCUT2D eigenvalue weighted by atomic mass is 9.96. The predicted octanol–water partition coefficient (Wildman–Crippen LogP) is 6.79. The molecule has 0 saturated heterocycles. The van der Waals surface area contributed by atoms with Crippen LogP contribution in [0.1, 0.15) is 129 Å². The lowest BCUT2D eigenvalue weighted by molar-refractivity contribution is -0.115. The van der Waals surface area contributed by atoms with Gasteiger partial charge in [0.05, 0.1) is 0 Å². The number of amides is 2. The standard InChI is InChI=1S/C25H48N2O2/c1-3-5-6-7-8-9-10-11-12-13-14-15-16-17-18-19-20-22-25(21-4-2,26-23-28)27-24-29/h11-12,23-24H,3-10,13-22H2,1-2H3,(H,26,28)(H,27,29)/b12-11-. The van der Waals surface area contributed by atoms with E-state index in [1.165, 1.54) is 83.5 Å². The van der Waals surface area contributed by atoms with Crippen molar-refractivity contribution in [1.29, 1.82) is 0 Å². The third-order valence-electron chi connectivity index (χ3n) is 5.71. The minimum Gasteiger partial charge on any atom is -0.336 e. The second-order valence-corrected chi connectivity index (χ2v) is 8.40. The van der Waals surface area contributed by atoms with Gasteiger partial charge in [0.25, 0.3) is 0 Å². The zero-order valence-electron chi connectivity index (χ0n) is 19.4. The minimum atomic E-state index is -0.555. The summed E-state index contributed by atoms with van der Waals surface area (Å²) in [5.74, 6) is 0. The largest absolute Gasteiger partial charge is 0.336 e. The molecule has 4 nitrogen and oxygen atoms in total. The van der Waals surface area contributed by atoms with Gasteiger partial charge >= 0.3 is 0 Å². The van der Waals surface area contributed by atoms with Crippen LogP contribution in [0.5, 0.6) is 0 Å². The van der Waals surface area contributed by atoms with Crippen molar-refractivity contribution in [2.24, 2.45) is 0 Å². The van der Waals surface area contributed by atoms with E-state index in [2.05, 4.69) is 36.6 Å². The van der Waals surface area contributed by atoms with Crippen LogP contribution in [-0.4, -0.2) is 18.5 Å². The Labute approximate surface area is 180 Å². The summed E-state index contributed by atoms with van der Waals surface area (Å²) in [6, 6.07) is 0. The fourth-order valence-electron chi connectivity index (χ4n) is 3.96. The average molecular weight is 409 g/mol. The Morgan fingerprint density at radius 3 is 1.45 bits per heavy atom. The summed E-state index contributed by atoms with van der Waals surface area (Å²) >= 11 is 0. The van der Waals surface area contributed by atoms with Gasteiger partial charge in [-0.25, -0.2) is 0 Å². The summed E-state index contributed by atoms with van der Waals surface area (Å²) in [6.07, 6.45) is 28.1. The SMILES string of the molecule is CCCCCCCC/C=C\CCCCCCCCCC(CCC)(NC=O)NC=O. The van der Waals surface area contributed by atoms with E-state index in [4.69, 9.17) is 0 Å². The van der Waals surface area contributed by atoms with Crippen LogP contribution in [0.2, 0.25) is 0 Å². The highest BCUT2D eigenvalue weighted by atomic mass is 16.1. The number of unbranched alkanes of at least 4 members (excludes halogenated alkanes) is 13. The van der Waals surface area contributed by atoms with Gasteiger partial charge in [0.1, 0.15) is 5.66 Å². The Hall–Kier alpha value is -1.32. The predicted molar refractivity (Wildman–Crippen MR) is 125 cm³/mol. The Balaban J connectivity index is 3.54. The molecule has 2 N–H and O–H groups in total. The van der Waals surface area contributed by atoms with Gasteiger partial charge in [-0.1, -0.05) is 96.6 Å². The minimum absolute atomic E-state index is 0.555. The van der Waals surface area contributed by atoms with Crippen LogP contribution >= 0.6 is 0 Å². The first-order valence-corrected chi connectivity index (χ1v) is 12.3. The Kier molecular flexibility index (Phi) is 20.4. The van der Waals surface area contributed by atoms with Crippen molar-refractivity contribution in [3.05, 3.63) is 12.2 Å². The summed E-state index contributed by atoms with van der Waals surface area (Å²) in [4.78, 5) is 21.8. The molecule has 0 aromatic rings. The maximum Gasteiger partial charge on any atom is 0.208 e. The van der Waals surface area contributed by atoms with Crippen molar-refractivity contribution >= 4 is 12.8 Å². The molecular weight excluding hydrogens is 360 g/mol. The molecule has 0 aliphatic rings. The molecule has 29 heavy (non-hydrogen) atoms. The van der Waals surface area contributed by atoms with E-state index >= 15 is 0 Å². The van der Waals surface area contributed by atoms with Crippen molar-refractivity contribution in [1.82, 2.24) is 10.6 Å². The summed E-state index contributed by atoms with van der Waals surface area (Å²) in [7, 11) is 0. The molecule has 0 atom stereocenters. The van der Waals surface area contributed by atoms with Crippen LogP contribution in [0.3, 0.4) is 0 Å². The number of nitrogens with one attached hydrogen (secondary N) is 2. The lowest BCUT2D eigenvalue weighted by Gasteiger charge is -2.32. The first-order chi connectivity index (χ1) is 14.2. The third kappa shape index (κ3) is 17.3. The molecule has 0 bridgehead atoms. The monoisotopic (exact) mass is 408 g/mol. The van der Waals surface area contributed by atoms with Crippen LogP contribution in [0, 0.1) is 0 Å². The van der Waals surface area contributed by atoms with Gasteiger partial charge in [-0.15, -0.1) is 0 Å². The van der Waals surface area contributed by atoms with Gasteiger partial charge < -0.3 is 10.6 Å². The highest BCUT2D eigenvalue weighted by Crippen LogP contribution is 2.19. The number of carbonyl (C=O) groups is 2. The Bertz CT molecular complexity index is 386. The van der Waals surface area contributed by atoms with Gasteiger partial charge in [0.15, 0.2) is 0 Å². The number of hydrogen-bond acceptors (Lipinski definition) is 2. The summed E-state index contributed by atoms with van der Waals surface area (Å²) in [5, 5.41) is 5.65. The topological polar surface area (TPSA) is 58.2 Å². The Morgan fingerprint density at radius 2 is 1.00 bits per heavy atom. The number of rotatable bonds is 23. The lowest BCUT2D eigenvalue weighted by Crippen LogP contribution is -2.55. The number of carbonyl (C=O) groups excluding carboxylic acids is 2. The molecule has 0 aliphatic heterocycles. The molecular formula is C25H48N2O2. The van der Waals surface area contributed by atoms with Crippen LogP contribution < -0.4 is 10.6 Å². The maximum absolute atomic E-state index is 10.9. The molecule has 0 heterocycles. The Morgan fingerprint density at radius 1 is 0.552 bits per heavy atom. The van der Waals surface area contributed by atoms with Crippen molar-refractivity contribution < 1.29 is 9.59 Å². The smallest absolute Gasteiger partial charge is 0.208 e. The van der Waals surface area contributed by atoms with Gasteiger partial charge in [-0.3, -0.25) is 9.59 Å². The highest BCUT2D eigenvalue weighted by molar-refractivity contribution is 5.52. The van der Waals surface area contributed by atoms with E-state index < -0.39 is 5.66 Å². The van der Waals surface area contributed by atoms with Crippen LogP contribution in [0.15, 0.2) is 12.2 Å². The second-order valence-electron chi connectivity index (χ2n) is 8.40. The summed E-state index contributed by atoms with van der Waals surface area (Å²) < 4.78 is 0. The van der Waals surface area contributed by atoms with Gasteiger partial charge in [-0.05, 0) is 44.9 Å². The fourth-order valence-corrected chi connectivity index (χ4v) is 3.96. The molecule has 0 aromatic heterocycles. The molecule has 0 spiro atoms. The molecule has 0 fully saturated rings. The molecule has 0 saturated carbocycles. The van der Waals surface area contributed by atoms with Crippen molar-refractivity contribution in [3.8, 4) is 0 Å². The van der Waals surface area contributed by atoms with E-state index in [1.54, 1.807) is 0 Å². The van der Waals surface area contributed by atoms with Crippen molar-refractivity contribution in [2.75, 3.05) is 0 Å². The quantitative estimate of drug-likeness (QED) is 0.0846. The first kappa shape index (κ1) is 27.7. The molecule has 0 aromatic carbocycles. The molecule has 0 unspecified atom stereocenters. The van der Waals surface area contributed by atoms with Crippen LogP contribution in [0.25, 0.3) is 0 Å². The zero-order valence-corrected chi connectivity index (χ0v) is 19.4. The van der Waals surface area contributed by atoms with Crippen LogP contribution in [-0.2, 0) is 9.59 Å². The molecule has 0 rings (SSSR count). The molecule has 4 heteroatoms. The van der Waals surface area contributed by atoms with Crippen LogP contribution in [0.4, 0.5) is 0 Å². The van der Waals surface area contributed by atoms with Gasteiger partial charge in [0, 0.05) is 0 Å². The average Bonchev–Trinajstić information content (AvgIpc) is 2.71. The fraction of sp³-hybridized carbons (Fsp3) is 0.840. The molecule has 0 aliphatic carbocycles. The molecule has 2 amide bonds. The van der Waals surface area contributed by atoms with E-state index in [1.807, 2.05) is 0 Å². The number of allylic oxidation sites excluding steroid dienone is 2. The second kappa shape index (κ2) is 21.4. The van der Waals surface area contributed by atoms with Gasteiger partial charge in [-0.2, -0.15) is 0 Å². The molecule has 170 valence electrons. The van der Waals surface area contributed by atoms with E-state index in [0.29, 0.717) is 12.8 Å². The highest BCUT2D eigenvalue weighted by Gasteiger charge is 2.26. The number of hydrogen-bond donors (Lipinski definition) is 2. The summed E-state index contributed by atoms with van der Waals surface area (Å²) in [5.41, 5.74) is -0.555. The van der Waals surface area contributed by atoms with Crippen molar-refractivity contribution in [2.45, 2.75) is 135 Å². The van der Waals surface area contributed by atoms with Crippen molar-refractivity contribution in [3.63, 3.8) is 0 Å².